The molecule has 0 fully saturated rings. The number of alkyl halides is 1. The maximum atomic E-state index is 12.4. The van der Waals surface area contributed by atoms with Gasteiger partial charge in [-0.3, -0.25) is 0 Å². The van der Waals surface area contributed by atoms with Gasteiger partial charge in [0.05, 0.1) is 24.9 Å². The van der Waals surface area contributed by atoms with Crippen LogP contribution in [0.1, 0.15) is 7.43 Å². The number of hydrogen-bond donors (Lipinski definition) is 0. The van der Waals surface area contributed by atoms with Crippen molar-refractivity contribution >= 4 is 67.8 Å². The van der Waals surface area contributed by atoms with Crippen molar-refractivity contribution in [1.82, 2.24) is 15.0 Å². The van der Waals surface area contributed by atoms with Gasteiger partial charge in [0, 0.05) is 21.8 Å². The fraction of sp³-hybridized carbons (Fsp3) is 0.250. The highest BCUT2D eigenvalue weighted by Crippen LogP contribution is 2.16. The first-order valence-corrected chi connectivity index (χ1v) is 12.4. The molecule has 3 aromatic heterocycles. The van der Waals surface area contributed by atoms with E-state index in [9.17, 15) is 13.2 Å². The van der Waals surface area contributed by atoms with E-state index < -0.39 is 17.8 Å². The van der Waals surface area contributed by atoms with Crippen LogP contribution in [0.25, 0.3) is 0 Å². The van der Waals surface area contributed by atoms with E-state index in [1.165, 1.54) is 39.5 Å². The quantitative estimate of drug-likeness (QED) is 0.170. The molecule has 0 aliphatic heterocycles. The molecule has 0 saturated carbocycles. The maximum absolute atomic E-state index is 12.4. The van der Waals surface area contributed by atoms with Gasteiger partial charge in [0.1, 0.15) is 0 Å². The van der Waals surface area contributed by atoms with E-state index in [1.807, 2.05) is 50.1 Å². The number of halogens is 6. The second-order valence-corrected chi connectivity index (χ2v) is 7.19. The molecule has 12 heteroatoms. The first kappa shape index (κ1) is 33.0. The van der Waals surface area contributed by atoms with Gasteiger partial charge in [-0.05, 0) is 68.3 Å². The largest absolute Gasteiger partial charge is 0.481 e. The van der Waals surface area contributed by atoms with Gasteiger partial charge < -0.3 is 14.2 Å². The second-order valence-electron chi connectivity index (χ2n) is 4.78. The minimum atomic E-state index is -0.519. The minimum Gasteiger partial charge on any atom is -0.481 e. The Hall–Kier alpha value is -1.17. The van der Waals surface area contributed by atoms with E-state index in [0.717, 1.165) is 7.14 Å². The molecule has 0 aliphatic rings. The maximum Gasteiger partial charge on any atom is 0.229 e. The summed E-state index contributed by atoms with van der Waals surface area (Å²) in [6, 6.07) is 10.3. The Balaban J connectivity index is 0. The molecule has 0 aromatic carbocycles. The van der Waals surface area contributed by atoms with Crippen LogP contribution < -0.4 is 14.2 Å². The van der Waals surface area contributed by atoms with Gasteiger partial charge >= 0.3 is 0 Å². The summed E-state index contributed by atoms with van der Waals surface area (Å²) < 4.78 is 52.6. The van der Waals surface area contributed by atoms with Crippen LogP contribution >= 0.6 is 67.8 Å². The van der Waals surface area contributed by atoms with Crippen LogP contribution in [0.15, 0.2) is 42.5 Å². The number of hydrogen-bond acceptors (Lipinski definition) is 6. The standard InChI is InChI=1S/2C6H5FINO.C6H6FNO.CH3I.CH4/c1-10-6-3-4(8)2-5(7)9-6;1-10-6-4(8)2-3-5(7)9-6;1-9-6-4-2-3-5(7)8-6;1-2;/h2*2-3H,1H3;2-4H,1H3;1H3;1H4. The summed E-state index contributed by atoms with van der Waals surface area (Å²) in [5.74, 6) is -0.602. The SMILES string of the molecule is C.CI.COc1cc(I)cc(F)n1.COc1cccc(F)n1.COc1nc(F)ccc1I. The molecule has 0 N–H and O–H groups in total. The minimum absolute atomic E-state index is 0. The van der Waals surface area contributed by atoms with Crippen molar-refractivity contribution in [3.05, 3.63) is 67.4 Å². The molecule has 32 heavy (non-hydrogen) atoms. The molecular formula is C20H23F3I3N3O3. The highest BCUT2D eigenvalue weighted by Gasteiger charge is 2.01. The van der Waals surface area contributed by atoms with Crippen LogP contribution in [-0.2, 0) is 0 Å². The third-order valence-electron chi connectivity index (χ3n) is 2.82. The van der Waals surface area contributed by atoms with Crippen molar-refractivity contribution in [2.24, 2.45) is 0 Å². The summed E-state index contributed by atoms with van der Waals surface area (Å²) in [5.41, 5.74) is 0. The number of pyridine rings is 3. The molecule has 0 unspecified atom stereocenters. The number of rotatable bonds is 3. The van der Waals surface area contributed by atoms with E-state index in [0.29, 0.717) is 17.6 Å². The van der Waals surface area contributed by atoms with Crippen molar-refractivity contribution in [2.75, 3.05) is 26.3 Å². The summed E-state index contributed by atoms with van der Waals surface area (Å²) >= 11 is 6.17. The smallest absolute Gasteiger partial charge is 0.229 e. The molecule has 0 amide bonds. The zero-order chi connectivity index (χ0) is 23.8. The zero-order valence-corrected chi connectivity index (χ0v) is 23.3. The average molecular weight is 791 g/mol. The van der Waals surface area contributed by atoms with Crippen molar-refractivity contribution in [3.63, 3.8) is 0 Å². The predicted molar refractivity (Wildman–Crippen MR) is 144 cm³/mol. The lowest BCUT2D eigenvalue weighted by Gasteiger charge is -1.99. The van der Waals surface area contributed by atoms with Crippen LogP contribution in [0.3, 0.4) is 0 Å². The van der Waals surface area contributed by atoms with Gasteiger partial charge in [-0.2, -0.15) is 28.1 Å². The number of ether oxygens (including phenoxy) is 3. The fourth-order valence-electron chi connectivity index (χ4n) is 1.60. The van der Waals surface area contributed by atoms with Gasteiger partial charge in [0.25, 0.3) is 0 Å². The van der Waals surface area contributed by atoms with Gasteiger partial charge in [-0.1, -0.05) is 36.1 Å². The van der Waals surface area contributed by atoms with E-state index in [2.05, 4.69) is 42.3 Å². The first-order chi connectivity index (χ1) is 14.8. The monoisotopic (exact) mass is 791 g/mol. The van der Waals surface area contributed by atoms with Crippen molar-refractivity contribution in [1.29, 1.82) is 0 Å². The van der Waals surface area contributed by atoms with Crippen LogP contribution in [0.2, 0.25) is 0 Å². The molecule has 0 bridgehead atoms. The van der Waals surface area contributed by atoms with Gasteiger partial charge in [-0.15, -0.1) is 0 Å². The summed E-state index contributed by atoms with van der Waals surface area (Å²) in [5, 5.41) is 0. The Bertz CT molecular complexity index is 905. The van der Waals surface area contributed by atoms with Crippen LogP contribution in [0.4, 0.5) is 13.2 Å². The van der Waals surface area contributed by atoms with E-state index in [-0.39, 0.29) is 7.43 Å². The molecule has 6 nitrogen and oxygen atoms in total. The van der Waals surface area contributed by atoms with E-state index in [1.54, 1.807) is 24.3 Å². The highest BCUT2D eigenvalue weighted by atomic mass is 127. The van der Waals surface area contributed by atoms with Crippen LogP contribution in [0, 0.1) is 25.0 Å². The van der Waals surface area contributed by atoms with Gasteiger partial charge in [0.15, 0.2) is 0 Å². The average Bonchev–Trinajstić information content (AvgIpc) is 2.77. The third kappa shape index (κ3) is 14.1. The molecule has 3 heterocycles. The number of methoxy groups -OCH3 is 3. The molecule has 178 valence electrons. The molecule has 0 atom stereocenters. The summed E-state index contributed by atoms with van der Waals surface area (Å²) in [6.07, 6.45) is 0. The molecule has 0 saturated heterocycles. The Morgan fingerprint density at radius 2 is 1.25 bits per heavy atom. The summed E-state index contributed by atoms with van der Waals surface area (Å²) in [6.45, 7) is 0. The van der Waals surface area contributed by atoms with Crippen molar-refractivity contribution in [3.8, 4) is 17.6 Å². The van der Waals surface area contributed by atoms with Gasteiger partial charge in [0.2, 0.25) is 35.5 Å². The molecule has 3 aromatic rings. The highest BCUT2D eigenvalue weighted by molar-refractivity contribution is 14.1. The Kier molecular flexibility index (Phi) is 19.9. The third-order valence-corrected chi connectivity index (χ3v) is 4.26. The first-order valence-electron chi connectivity index (χ1n) is 8.06. The van der Waals surface area contributed by atoms with E-state index >= 15 is 0 Å². The Morgan fingerprint density at radius 3 is 1.69 bits per heavy atom. The van der Waals surface area contributed by atoms with Crippen molar-refractivity contribution < 1.29 is 27.4 Å². The second kappa shape index (κ2) is 19.3. The lowest BCUT2D eigenvalue weighted by molar-refractivity contribution is 0.384. The Labute approximate surface area is 227 Å². The topological polar surface area (TPSA) is 66.4 Å². The molecule has 0 spiro atoms. The van der Waals surface area contributed by atoms with Crippen LogP contribution in [-0.4, -0.2) is 41.2 Å². The molecular weight excluding hydrogens is 768 g/mol. The van der Waals surface area contributed by atoms with Crippen LogP contribution in [0.5, 0.6) is 17.6 Å². The molecule has 0 aliphatic carbocycles. The summed E-state index contributed by atoms with van der Waals surface area (Å²) in [4.78, 5) is 12.3. The van der Waals surface area contributed by atoms with Gasteiger partial charge in [-0.25, -0.2) is 0 Å². The lowest BCUT2D eigenvalue weighted by Crippen LogP contribution is -1.92. The lowest BCUT2D eigenvalue weighted by atomic mass is 10.5. The number of nitrogens with zero attached hydrogens (tertiary/aromatic N) is 3. The Morgan fingerprint density at radius 1 is 0.688 bits per heavy atom. The van der Waals surface area contributed by atoms with Crippen molar-refractivity contribution in [2.45, 2.75) is 7.43 Å². The van der Waals surface area contributed by atoms with E-state index in [4.69, 9.17) is 9.47 Å². The molecule has 0 radical (unpaired) electrons. The number of aromatic nitrogens is 3. The normalized spacial score (nSPS) is 8.69. The molecule has 3 rings (SSSR count). The zero-order valence-electron chi connectivity index (χ0n) is 16.9. The summed E-state index contributed by atoms with van der Waals surface area (Å²) in [7, 11) is 4.36. The fourth-order valence-corrected chi connectivity index (χ4v) is 2.64. The predicted octanol–water partition coefficient (Wildman–Crippen LogP) is 6.58.